The Morgan fingerprint density at radius 1 is 1.05 bits per heavy atom. The van der Waals surface area contributed by atoms with E-state index in [-0.39, 0.29) is 11.3 Å². The van der Waals surface area contributed by atoms with E-state index in [2.05, 4.69) is 4.74 Å². The Morgan fingerprint density at radius 2 is 1.57 bits per heavy atom. The van der Waals surface area contributed by atoms with Gasteiger partial charge in [0, 0.05) is 5.56 Å². The van der Waals surface area contributed by atoms with Gasteiger partial charge >= 0.3 is 12.4 Å². The van der Waals surface area contributed by atoms with Gasteiger partial charge in [0.1, 0.15) is 5.75 Å². The number of rotatable bonds is 5. The van der Waals surface area contributed by atoms with Crippen LogP contribution in [0.3, 0.4) is 0 Å². The third-order valence-corrected chi connectivity index (χ3v) is 2.58. The summed E-state index contributed by atoms with van der Waals surface area (Å²) in [4.78, 5) is 0. The van der Waals surface area contributed by atoms with Crippen LogP contribution in [0.4, 0.5) is 26.3 Å². The van der Waals surface area contributed by atoms with Crippen LogP contribution in [-0.2, 0) is 4.74 Å². The van der Waals surface area contributed by atoms with Gasteiger partial charge in [0.2, 0.25) is 6.10 Å². The molecule has 1 unspecified atom stereocenters. The highest BCUT2D eigenvalue weighted by molar-refractivity contribution is 5.35. The van der Waals surface area contributed by atoms with E-state index in [1.165, 1.54) is 25.3 Å². The Kier molecular flexibility index (Phi) is 5.46. The molecule has 1 aromatic rings. The van der Waals surface area contributed by atoms with E-state index in [1.54, 1.807) is 6.07 Å². The van der Waals surface area contributed by atoms with Crippen molar-refractivity contribution in [1.82, 2.24) is 0 Å². The van der Waals surface area contributed by atoms with E-state index in [1.807, 2.05) is 0 Å². The highest BCUT2D eigenvalue weighted by Gasteiger charge is 2.58. The van der Waals surface area contributed by atoms with Crippen molar-refractivity contribution in [3.8, 4) is 5.75 Å². The summed E-state index contributed by atoms with van der Waals surface area (Å²) in [6.45, 7) is -0.954. The molecule has 0 spiro atoms. The van der Waals surface area contributed by atoms with E-state index in [0.29, 0.717) is 0 Å². The first-order chi connectivity index (χ1) is 9.57. The fourth-order valence-corrected chi connectivity index (χ4v) is 1.64. The molecule has 0 amide bonds. The van der Waals surface area contributed by atoms with E-state index in [0.717, 1.165) is 0 Å². The molecule has 0 radical (unpaired) electrons. The molecule has 120 valence electrons. The monoisotopic (exact) mass is 317 g/mol. The molecular formula is C12H13F6NO2. The summed E-state index contributed by atoms with van der Waals surface area (Å²) in [6, 6.07) is 4.85. The van der Waals surface area contributed by atoms with Crippen molar-refractivity contribution in [2.45, 2.75) is 24.5 Å². The summed E-state index contributed by atoms with van der Waals surface area (Å²) >= 11 is 0. The number of alkyl halides is 6. The molecule has 0 aliphatic rings. The number of hydrogen-bond acceptors (Lipinski definition) is 3. The zero-order chi connectivity index (χ0) is 16.3. The van der Waals surface area contributed by atoms with Gasteiger partial charge in [-0.05, 0) is 6.07 Å². The van der Waals surface area contributed by atoms with Crippen LogP contribution < -0.4 is 10.5 Å². The molecule has 0 saturated carbocycles. The molecule has 2 N–H and O–H groups in total. The minimum atomic E-state index is -5.56. The van der Waals surface area contributed by atoms with Gasteiger partial charge in [0.25, 0.3) is 0 Å². The van der Waals surface area contributed by atoms with Gasteiger partial charge in [0.15, 0.2) is 0 Å². The van der Waals surface area contributed by atoms with Gasteiger partial charge < -0.3 is 15.2 Å². The highest BCUT2D eigenvalue weighted by Crippen LogP contribution is 2.36. The molecule has 0 aromatic heterocycles. The second-order valence-electron chi connectivity index (χ2n) is 4.15. The number of halogens is 6. The Morgan fingerprint density at radius 3 is 2.05 bits per heavy atom. The second kappa shape index (κ2) is 6.52. The van der Waals surface area contributed by atoms with Crippen molar-refractivity contribution < 1.29 is 35.8 Å². The number of nitrogens with two attached hydrogens (primary N) is 1. The van der Waals surface area contributed by atoms with Gasteiger partial charge in [-0.1, -0.05) is 18.2 Å². The minimum Gasteiger partial charge on any atom is -0.496 e. The van der Waals surface area contributed by atoms with E-state index >= 15 is 0 Å². The van der Waals surface area contributed by atoms with E-state index in [4.69, 9.17) is 10.5 Å². The lowest BCUT2D eigenvalue weighted by atomic mass is 10.1. The predicted molar refractivity (Wildman–Crippen MR) is 61.8 cm³/mol. The first-order valence-electron chi connectivity index (χ1n) is 5.71. The van der Waals surface area contributed by atoms with Crippen molar-refractivity contribution in [2.75, 3.05) is 13.7 Å². The van der Waals surface area contributed by atoms with Crippen molar-refractivity contribution in [1.29, 1.82) is 0 Å². The molecule has 1 aromatic carbocycles. The fourth-order valence-electron chi connectivity index (χ4n) is 1.64. The normalized spacial score (nSPS) is 14.3. The SMILES string of the molecule is COc1ccccc1C(N)COC(C(F)(F)F)C(F)(F)F. The van der Waals surface area contributed by atoms with Crippen LogP contribution in [0, 0.1) is 0 Å². The van der Waals surface area contributed by atoms with Crippen LogP contribution in [0.1, 0.15) is 11.6 Å². The van der Waals surface area contributed by atoms with Gasteiger partial charge in [-0.25, -0.2) is 0 Å². The van der Waals surface area contributed by atoms with E-state index < -0.39 is 31.1 Å². The lowest BCUT2D eigenvalue weighted by molar-refractivity contribution is -0.322. The largest absolute Gasteiger partial charge is 0.496 e. The maximum Gasteiger partial charge on any atom is 0.423 e. The highest BCUT2D eigenvalue weighted by atomic mass is 19.4. The van der Waals surface area contributed by atoms with Crippen molar-refractivity contribution >= 4 is 0 Å². The molecule has 0 aliphatic carbocycles. The minimum absolute atomic E-state index is 0.253. The average Bonchev–Trinajstić information content (AvgIpc) is 2.35. The van der Waals surface area contributed by atoms with E-state index in [9.17, 15) is 26.3 Å². The zero-order valence-corrected chi connectivity index (χ0v) is 10.8. The number of methoxy groups -OCH3 is 1. The molecule has 0 fully saturated rings. The average molecular weight is 317 g/mol. The Balaban J connectivity index is 2.81. The van der Waals surface area contributed by atoms with Crippen molar-refractivity contribution in [3.63, 3.8) is 0 Å². The molecule has 3 nitrogen and oxygen atoms in total. The topological polar surface area (TPSA) is 44.5 Å². The number of hydrogen-bond donors (Lipinski definition) is 1. The van der Waals surface area contributed by atoms with Crippen LogP contribution in [0.2, 0.25) is 0 Å². The Hall–Kier alpha value is -1.48. The number of benzene rings is 1. The lowest BCUT2D eigenvalue weighted by Crippen LogP contribution is -2.45. The van der Waals surface area contributed by atoms with Gasteiger partial charge in [0.05, 0.1) is 19.8 Å². The second-order valence-corrected chi connectivity index (χ2v) is 4.15. The summed E-state index contributed by atoms with van der Waals surface area (Å²) in [5, 5.41) is 0. The standard InChI is InChI=1S/C12H13F6NO2/c1-20-9-5-3-2-4-7(9)8(19)6-21-10(11(13,14)15)12(16,17)18/h2-5,8,10H,6,19H2,1H3. The van der Waals surface area contributed by atoms with Crippen molar-refractivity contribution in [3.05, 3.63) is 29.8 Å². The maximum atomic E-state index is 12.3. The predicted octanol–water partition coefficient (Wildman–Crippen LogP) is 3.20. The summed E-state index contributed by atoms with van der Waals surface area (Å²) in [5.74, 6) is 0.254. The molecule has 0 saturated heterocycles. The summed E-state index contributed by atoms with van der Waals surface area (Å²) in [6.07, 6.45) is -15.0. The molecular weight excluding hydrogens is 304 g/mol. The van der Waals surface area contributed by atoms with Gasteiger partial charge in [-0.2, -0.15) is 26.3 Å². The maximum absolute atomic E-state index is 12.3. The van der Waals surface area contributed by atoms with Gasteiger partial charge in [-0.3, -0.25) is 0 Å². The first kappa shape index (κ1) is 17.6. The van der Waals surface area contributed by atoms with Crippen LogP contribution in [-0.4, -0.2) is 32.2 Å². The fraction of sp³-hybridized carbons (Fsp3) is 0.500. The van der Waals surface area contributed by atoms with Crippen LogP contribution in [0.25, 0.3) is 0 Å². The Bertz CT molecular complexity index is 446. The Labute approximate surface area is 116 Å². The molecule has 1 atom stereocenters. The van der Waals surface area contributed by atoms with Crippen LogP contribution in [0.15, 0.2) is 24.3 Å². The lowest BCUT2D eigenvalue weighted by Gasteiger charge is -2.25. The molecule has 0 aliphatic heterocycles. The van der Waals surface area contributed by atoms with Crippen LogP contribution in [0.5, 0.6) is 5.75 Å². The molecule has 0 heterocycles. The summed E-state index contributed by atoms with van der Waals surface area (Å²) in [7, 11) is 1.31. The van der Waals surface area contributed by atoms with Gasteiger partial charge in [-0.15, -0.1) is 0 Å². The smallest absolute Gasteiger partial charge is 0.423 e. The summed E-state index contributed by atoms with van der Waals surface area (Å²) in [5.41, 5.74) is 5.82. The third-order valence-electron chi connectivity index (χ3n) is 2.58. The molecule has 21 heavy (non-hydrogen) atoms. The number of ether oxygens (including phenoxy) is 2. The molecule has 9 heteroatoms. The number of para-hydroxylation sites is 1. The molecule has 0 bridgehead atoms. The third kappa shape index (κ3) is 4.78. The summed E-state index contributed by atoms with van der Waals surface area (Å²) < 4.78 is 82.7. The quantitative estimate of drug-likeness (QED) is 0.848. The first-order valence-corrected chi connectivity index (χ1v) is 5.71. The zero-order valence-electron chi connectivity index (χ0n) is 10.8. The van der Waals surface area contributed by atoms with Crippen molar-refractivity contribution in [2.24, 2.45) is 5.73 Å². The molecule has 1 rings (SSSR count). The van der Waals surface area contributed by atoms with Crippen LogP contribution >= 0.6 is 0 Å².